The molecule has 0 unspecified atom stereocenters. The number of para-hydroxylation sites is 1. The minimum atomic E-state index is 0.174. The van der Waals surface area contributed by atoms with E-state index in [9.17, 15) is 5.11 Å². The van der Waals surface area contributed by atoms with Gasteiger partial charge in [-0.1, -0.05) is 12.1 Å². The lowest BCUT2D eigenvalue weighted by molar-refractivity contribution is 0.340. The highest BCUT2D eigenvalue weighted by molar-refractivity contribution is 5.50. The van der Waals surface area contributed by atoms with Gasteiger partial charge in [0.05, 0.1) is 13.7 Å². The average molecular weight is 273 g/mol. The second kappa shape index (κ2) is 6.70. The lowest BCUT2D eigenvalue weighted by Gasteiger charge is -2.11. The lowest BCUT2D eigenvalue weighted by Crippen LogP contribution is -2.00. The third-order valence-corrected chi connectivity index (χ3v) is 2.95. The van der Waals surface area contributed by atoms with Gasteiger partial charge < -0.3 is 19.9 Å². The zero-order valence-electron chi connectivity index (χ0n) is 11.7. The van der Waals surface area contributed by atoms with Gasteiger partial charge in [-0.05, 0) is 37.3 Å². The van der Waals surface area contributed by atoms with Crippen LogP contribution in [0.5, 0.6) is 17.2 Å². The Hall–Kier alpha value is -2.36. The van der Waals surface area contributed by atoms with Crippen LogP contribution in [0.1, 0.15) is 12.5 Å². The topological polar surface area (TPSA) is 50.7 Å². The molecule has 4 nitrogen and oxygen atoms in total. The van der Waals surface area contributed by atoms with E-state index in [4.69, 9.17) is 9.47 Å². The molecule has 0 aliphatic heterocycles. The number of hydrogen-bond acceptors (Lipinski definition) is 4. The van der Waals surface area contributed by atoms with Crippen molar-refractivity contribution in [3.63, 3.8) is 0 Å². The van der Waals surface area contributed by atoms with Gasteiger partial charge in [-0.3, -0.25) is 0 Å². The summed E-state index contributed by atoms with van der Waals surface area (Å²) in [7, 11) is 1.54. The van der Waals surface area contributed by atoms with Crippen LogP contribution in [0.3, 0.4) is 0 Å². The highest BCUT2D eigenvalue weighted by Gasteiger charge is 2.06. The Morgan fingerprint density at radius 3 is 2.50 bits per heavy atom. The van der Waals surface area contributed by atoms with E-state index in [-0.39, 0.29) is 5.75 Å². The second-order valence-corrected chi connectivity index (χ2v) is 4.28. The summed E-state index contributed by atoms with van der Waals surface area (Å²) in [5, 5.41) is 13.2. The summed E-state index contributed by atoms with van der Waals surface area (Å²) >= 11 is 0. The van der Waals surface area contributed by atoms with Crippen molar-refractivity contribution in [3.8, 4) is 17.2 Å². The molecule has 2 aromatic carbocycles. The Bertz CT molecular complexity index is 552. The highest BCUT2D eigenvalue weighted by atomic mass is 16.5. The van der Waals surface area contributed by atoms with E-state index < -0.39 is 0 Å². The fourth-order valence-electron chi connectivity index (χ4n) is 1.91. The average Bonchev–Trinajstić information content (AvgIpc) is 2.48. The maximum absolute atomic E-state index is 10.00. The van der Waals surface area contributed by atoms with Gasteiger partial charge in [0.15, 0.2) is 11.5 Å². The van der Waals surface area contributed by atoms with Gasteiger partial charge in [0.1, 0.15) is 5.75 Å². The van der Waals surface area contributed by atoms with Crippen molar-refractivity contribution < 1.29 is 14.6 Å². The number of methoxy groups -OCH3 is 1. The molecule has 4 heteroatoms. The fourth-order valence-corrected chi connectivity index (χ4v) is 1.91. The fraction of sp³-hybridized carbons (Fsp3) is 0.250. The number of hydrogen-bond donors (Lipinski definition) is 2. The Balaban J connectivity index is 2.01. The number of phenols is 1. The van der Waals surface area contributed by atoms with E-state index in [0.717, 1.165) is 17.0 Å². The van der Waals surface area contributed by atoms with Crippen molar-refractivity contribution in [1.82, 2.24) is 0 Å². The van der Waals surface area contributed by atoms with Crippen molar-refractivity contribution >= 4 is 5.69 Å². The minimum absolute atomic E-state index is 0.174. The molecule has 0 atom stereocenters. The highest BCUT2D eigenvalue weighted by Crippen LogP contribution is 2.29. The van der Waals surface area contributed by atoms with Crippen LogP contribution in [0.15, 0.2) is 42.5 Å². The van der Waals surface area contributed by atoms with Crippen molar-refractivity contribution in [2.24, 2.45) is 0 Å². The van der Waals surface area contributed by atoms with Gasteiger partial charge >= 0.3 is 0 Å². The standard InChI is InChI=1S/C16H19NO3/c1-3-20-14-9-7-13(8-10-14)17-11-12-5-4-6-15(19-2)16(12)18/h4-10,17-18H,3,11H2,1-2H3. The Kier molecular flexibility index (Phi) is 4.71. The quantitative estimate of drug-likeness (QED) is 0.846. The number of anilines is 1. The maximum atomic E-state index is 10.00. The monoisotopic (exact) mass is 273 g/mol. The molecular formula is C16H19NO3. The van der Waals surface area contributed by atoms with E-state index in [2.05, 4.69) is 5.32 Å². The molecule has 0 spiro atoms. The minimum Gasteiger partial charge on any atom is -0.504 e. The first-order valence-corrected chi connectivity index (χ1v) is 6.56. The van der Waals surface area contributed by atoms with Crippen LogP contribution in [0.25, 0.3) is 0 Å². The number of ether oxygens (including phenoxy) is 2. The molecule has 0 bridgehead atoms. The van der Waals surface area contributed by atoms with Crippen LogP contribution >= 0.6 is 0 Å². The molecular weight excluding hydrogens is 254 g/mol. The van der Waals surface area contributed by atoms with Crippen molar-refractivity contribution in [3.05, 3.63) is 48.0 Å². The third-order valence-electron chi connectivity index (χ3n) is 2.95. The third kappa shape index (κ3) is 3.35. The first-order valence-electron chi connectivity index (χ1n) is 6.56. The second-order valence-electron chi connectivity index (χ2n) is 4.28. The lowest BCUT2D eigenvalue weighted by atomic mass is 10.2. The molecule has 0 saturated heterocycles. The molecule has 0 radical (unpaired) electrons. The maximum Gasteiger partial charge on any atom is 0.162 e. The van der Waals surface area contributed by atoms with E-state index in [0.29, 0.717) is 18.9 Å². The summed E-state index contributed by atoms with van der Waals surface area (Å²) in [5.74, 6) is 1.51. The number of aromatic hydroxyl groups is 1. The first-order chi connectivity index (χ1) is 9.74. The van der Waals surface area contributed by atoms with Gasteiger partial charge in [0.2, 0.25) is 0 Å². The van der Waals surface area contributed by atoms with Gasteiger partial charge in [-0.2, -0.15) is 0 Å². The summed E-state index contributed by atoms with van der Waals surface area (Å²) in [4.78, 5) is 0. The molecule has 0 aromatic heterocycles. The smallest absolute Gasteiger partial charge is 0.162 e. The molecule has 0 aliphatic rings. The zero-order valence-corrected chi connectivity index (χ0v) is 11.7. The van der Waals surface area contributed by atoms with E-state index >= 15 is 0 Å². The normalized spacial score (nSPS) is 10.1. The van der Waals surface area contributed by atoms with Crippen LogP contribution in [-0.4, -0.2) is 18.8 Å². The number of benzene rings is 2. The van der Waals surface area contributed by atoms with Gasteiger partial charge in [0.25, 0.3) is 0 Å². The summed E-state index contributed by atoms with van der Waals surface area (Å²) < 4.78 is 10.5. The Labute approximate surface area is 119 Å². The summed E-state index contributed by atoms with van der Waals surface area (Å²) in [5.41, 5.74) is 1.76. The first kappa shape index (κ1) is 14.1. The summed E-state index contributed by atoms with van der Waals surface area (Å²) in [6, 6.07) is 13.2. The van der Waals surface area contributed by atoms with Crippen molar-refractivity contribution in [1.29, 1.82) is 0 Å². The van der Waals surface area contributed by atoms with E-state index in [1.54, 1.807) is 13.2 Å². The van der Waals surface area contributed by atoms with Gasteiger partial charge in [-0.25, -0.2) is 0 Å². The Morgan fingerprint density at radius 2 is 1.85 bits per heavy atom. The number of phenolic OH excluding ortho intramolecular Hbond substituents is 1. The van der Waals surface area contributed by atoms with Crippen LogP contribution in [0.4, 0.5) is 5.69 Å². The predicted octanol–water partition coefficient (Wildman–Crippen LogP) is 3.41. The SMILES string of the molecule is CCOc1ccc(NCc2cccc(OC)c2O)cc1. The summed E-state index contributed by atoms with van der Waals surface area (Å²) in [6.07, 6.45) is 0. The molecule has 0 amide bonds. The predicted molar refractivity (Wildman–Crippen MR) is 79.6 cm³/mol. The summed E-state index contributed by atoms with van der Waals surface area (Å²) in [6.45, 7) is 3.14. The van der Waals surface area contributed by atoms with Crippen LogP contribution in [0.2, 0.25) is 0 Å². The largest absolute Gasteiger partial charge is 0.504 e. The molecule has 2 N–H and O–H groups in total. The van der Waals surface area contributed by atoms with Crippen LogP contribution < -0.4 is 14.8 Å². The van der Waals surface area contributed by atoms with E-state index in [1.807, 2.05) is 43.3 Å². The molecule has 20 heavy (non-hydrogen) atoms. The molecule has 0 fully saturated rings. The van der Waals surface area contributed by atoms with Crippen LogP contribution in [-0.2, 0) is 6.54 Å². The number of rotatable bonds is 6. The van der Waals surface area contributed by atoms with Gasteiger partial charge in [-0.15, -0.1) is 0 Å². The van der Waals surface area contributed by atoms with Crippen molar-refractivity contribution in [2.45, 2.75) is 13.5 Å². The molecule has 2 rings (SSSR count). The van der Waals surface area contributed by atoms with E-state index in [1.165, 1.54) is 0 Å². The van der Waals surface area contributed by atoms with Crippen LogP contribution in [0, 0.1) is 0 Å². The number of nitrogens with one attached hydrogen (secondary N) is 1. The van der Waals surface area contributed by atoms with Crippen molar-refractivity contribution in [2.75, 3.05) is 19.0 Å². The zero-order chi connectivity index (χ0) is 14.4. The Morgan fingerprint density at radius 1 is 1.10 bits per heavy atom. The molecule has 2 aromatic rings. The molecule has 106 valence electrons. The molecule has 0 saturated carbocycles. The molecule has 0 heterocycles. The molecule has 0 aliphatic carbocycles. The van der Waals surface area contributed by atoms with Gasteiger partial charge in [0, 0.05) is 17.8 Å².